The van der Waals surface area contributed by atoms with Gasteiger partial charge in [-0.25, -0.2) is 4.39 Å². The third kappa shape index (κ3) is 4.80. The monoisotopic (exact) mass is 482 g/mol. The number of allylic oxidation sites excluding steroid dienone is 1. The van der Waals surface area contributed by atoms with E-state index in [1.165, 1.54) is 17.7 Å². The van der Waals surface area contributed by atoms with Crippen LogP contribution in [0.5, 0.6) is 0 Å². The van der Waals surface area contributed by atoms with E-state index in [1.807, 2.05) is 43.3 Å². The molecule has 0 aliphatic heterocycles. The number of carboxylic acids is 1. The Hall–Kier alpha value is -4.19. The minimum absolute atomic E-state index is 0.235. The summed E-state index contributed by atoms with van der Waals surface area (Å²) in [6.45, 7) is 2.20. The van der Waals surface area contributed by atoms with E-state index in [0.29, 0.717) is 23.9 Å². The van der Waals surface area contributed by atoms with Crippen LogP contribution in [0.15, 0.2) is 77.2 Å². The van der Waals surface area contributed by atoms with E-state index in [-0.39, 0.29) is 12.4 Å². The van der Waals surface area contributed by atoms with Gasteiger partial charge in [0.25, 0.3) is 6.01 Å². The third-order valence-corrected chi connectivity index (χ3v) is 6.51. The molecule has 1 heterocycles. The van der Waals surface area contributed by atoms with Crippen molar-refractivity contribution < 1.29 is 18.7 Å². The maximum Gasteiger partial charge on any atom is 0.308 e. The molecule has 1 atom stereocenters. The van der Waals surface area contributed by atoms with Crippen LogP contribution in [0, 0.1) is 11.7 Å². The first-order chi connectivity index (χ1) is 17.5. The number of nitrogens with one attached hydrogen (secondary N) is 1. The number of fused-ring (bicyclic) bond motifs is 1. The van der Waals surface area contributed by atoms with Crippen molar-refractivity contribution in [2.45, 2.75) is 26.2 Å². The number of carboxylic acid groups (broad SMARTS) is 1. The summed E-state index contributed by atoms with van der Waals surface area (Å²) < 4.78 is 19.6. The average Bonchev–Trinajstić information content (AvgIpc) is 3.54. The van der Waals surface area contributed by atoms with Crippen LogP contribution in [-0.4, -0.2) is 22.6 Å². The number of benzene rings is 3. The summed E-state index contributed by atoms with van der Waals surface area (Å²) in [7, 11) is 0. The first-order valence-corrected chi connectivity index (χ1v) is 12.2. The number of hydrogen-bond donors (Lipinski definition) is 2. The lowest BCUT2D eigenvalue weighted by Crippen LogP contribution is -2.22. The second kappa shape index (κ2) is 10.2. The lowest BCUT2D eigenvalue weighted by Gasteiger charge is -2.10. The maximum absolute atomic E-state index is 13.3. The number of aromatic nitrogens is 1. The molecule has 0 fully saturated rings. The highest BCUT2D eigenvalue weighted by Crippen LogP contribution is 2.39. The minimum atomic E-state index is -0.834. The van der Waals surface area contributed by atoms with Crippen molar-refractivity contribution in [2.75, 3.05) is 11.9 Å². The predicted octanol–water partition coefficient (Wildman–Crippen LogP) is 7.30. The van der Waals surface area contributed by atoms with Gasteiger partial charge in [0.2, 0.25) is 0 Å². The van der Waals surface area contributed by atoms with Crippen molar-refractivity contribution in [3.8, 4) is 33.7 Å². The number of anilines is 1. The van der Waals surface area contributed by atoms with E-state index in [2.05, 4.69) is 23.5 Å². The molecule has 5 rings (SSSR count). The van der Waals surface area contributed by atoms with Gasteiger partial charge in [-0.05, 0) is 47.2 Å². The molecule has 2 N–H and O–H groups in total. The summed E-state index contributed by atoms with van der Waals surface area (Å²) >= 11 is 0. The lowest BCUT2D eigenvalue weighted by molar-refractivity contribution is -0.141. The molecule has 0 spiro atoms. The van der Waals surface area contributed by atoms with Gasteiger partial charge in [0, 0.05) is 17.7 Å². The summed E-state index contributed by atoms with van der Waals surface area (Å²) in [6, 6.07) is 20.7. The molecular formula is C30H27FN2O3. The molecule has 0 saturated heterocycles. The highest BCUT2D eigenvalue weighted by molar-refractivity contribution is 5.85. The van der Waals surface area contributed by atoms with Crippen LogP contribution in [0.25, 0.3) is 39.8 Å². The van der Waals surface area contributed by atoms with Crippen molar-refractivity contribution in [1.82, 2.24) is 4.98 Å². The second-order valence-corrected chi connectivity index (χ2v) is 8.97. The predicted molar refractivity (Wildman–Crippen MR) is 140 cm³/mol. The molecule has 5 nitrogen and oxygen atoms in total. The quantitative estimate of drug-likeness (QED) is 0.262. The first kappa shape index (κ1) is 23.5. The number of hydrogen-bond acceptors (Lipinski definition) is 4. The topological polar surface area (TPSA) is 75.4 Å². The van der Waals surface area contributed by atoms with Crippen LogP contribution in [-0.2, 0) is 11.2 Å². The highest BCUT2D eigenvalue weighted by Gasteiger charge is 2.23. The maximum atomic E-state index is 13.3. The molecule has 0 saturated carbocycles. The molecule has 6 heteroatoms. The van der Waals surface area contributed by atoms with Gasteiger partial charge in [0.15, 0.2) is 5.76 Å². The van der Waals surface area contributed by atoms with Crippen LogP contribution in [0.3, 0.4) is 0 Å². The van der Waals surface area contributed by atoms with E-state index in [1.54, 1.807) is 12.1 Å². The van der Waals surface area contributed by atoms with E-state index in [0.717, 1.165) is 40.7 Å². The Morgan fingerprint density at radius 1 is 1.06 bits per heavy atom. The zero-order chi connectivity index (χ0) is 25.1. The molecule has 0 radical (unpaired) electrons. The largest absolute Gasteiger partial charge is 0.481 e. The molecule has 1 unspecified atom stereocenters. The molecule has 4 aromatic rings. The number of aliphatic carboxylic acids is 1. The van der Waals surface area contributed by atoms with Crippen molar-refractivity contribution in [1.29, 1.82) is 0 Å². The lowest BCUT2D eigenvalue weighted by atomic mass is 9.97. The standard InChI is InChI=1S/C30H27FN2O3/c1-2-5-23(29(34)35)18-32-30-33-27(28(36-30)26-9-4-7-21-6-3-8-25(21)26)22-12-10-19(11-13-22)20-14-16-24(31)17-15-20/h3-4,7-17,23H,2,5-6,18H2,1H3,(H,32,33)(H,34,35). The van der Waals surface area contributed by atoms with Crippen molar-refractivity contribution >= 4 is 18.1 Å². The Bertz CT molecular complexity index is 1410. The van der Waals surface area contributed by atoms with E-state index < -0.39 is 11.9 Å². The van der Waals surface area contributed by atoms with E-state index in [9.17, 15) is 14.3 Å². The highest BCUT2D eigenvalue weighted by atomic mass is 19.1. The van der Waals surface area contributed by atoms with Crippen molar-refractivity contribution in [2.24, 2.45) is 5.92 Å². The summed E-state index contributed by atoms with van der Waals surface area (Å²) in [4.78, 5) is 16.3. The molecule has 0 bridgehead atoms. The Morgan fingerprint density at radius 3 is 2.44 bits per heavy atom. The van der Waals surface area contributed by atoms with Crippen LogP contribution in [0.1, 0.15) is 30.9 Å². The molecule has 1 aromatic heterocycles. The zero-order valence-corrected chi connectivity index (χ0v) is 20.0. The average molecular weight is 483 g/mol. The number of carbonyl (C=O) groups is 1. The van der Waals surface area contributed by atoms with Gasteiger partial charge >= 0.3 is 5.97 Å². The first-order valence-electron chi connectivity index (χ1n) is 12.2. The van der Waals surface area contributed by atoms with E-state index in [4.69, 9.17) is 9.40 Å². The van der Waals surface area contributed by atoms with Crippen molar-refractivity contribution in [3.63, 3.8) is 0 Å². The molecule has 1 aliphatic rings. The second-order valence-electron chi connectivity index (χ2n) is 8.97. The summed E-state index contributed by atoms with van der Waals surface area (Å²) in [5, 5.41) is 12.6. The van der Waals surface area contributed by atoms with E-state index >= 15 is 0 Å². The molecule has 0 amide bonds. The number of nitrogens with zero attached hydrogens (tertiary/aromatic N) is 1. The fourth-order valence-corrected chi connectivity index (χ4v) is 4.60. The van der Waals surface area contributed by atoms with Gasteiger partial charge in [0.05, 0.1) is 5.92 Å². The van der Waals surface area contributed by atoms with Crippen LogP contribution in [0.4, 0.5) is 10.4 Å². The van der Waals surface area contributed by atoms with Gasteiger partial charge in [0.1, 0.15) is 11.5 Å². The molecule has 182 valence electrons. The van der Waals surface area contributed by atoms with Crippen molar-refractivity contribution in [3.05, 3.63) is 89.8 Å². The Labute approximate surface area is 209 Å². The molecule has 3 aromatic carbocycles. The van der Waals surface area contributed by atoms with Crippen LogP contribution >= 0.6 is 0 Å². The Balaban J connectivity index is 1.52. The minimum Gasteiger partial charge on any atom is -0.481 e. The molecule has 1 aliphatic carbocycles. The van der Waals surface area contributed by atoms with Crippen LogP contribution in [0.2, 0.25) is 0 Å². The summed E-state index contributed by atoms with van der Waals surface area (Å²) in [5.74, 6) is -0.986. The fraction of sp³-hybridized carbons (Fsp3) is 0.200. The normalized spacial score (nSPS) is 12.9. The number of oxazole rings is 1. The van der Waals surface area contributed by atoms with Gasteiger partial charge in [-0.15, -0.1) is 0 Å². The SMILES string of the molecule is CCCC(CNc1nc(-c2ccc(-c3ccc(F)cc3)cc2)c(-c2cccc3c2C=CC3)o1)C(=O)O. The van der Waals surface area contributed by atoms with Crippen LogP contribution < -0.4 is 5.32 Å². The van der Waals surface area contributed by atoms with Gasteiger partial charge < -0.3 is 14.8 Å². The van der Waals surface area contributed by atoms with Gasteiger partial charge in [-0.3, -0.25) is 4.79 Å². The fourth-order valence-electron chi connectivity index (χ4n) is 4.60. The Morgan fingerprint density at radius 2 is 1.75 bits per heavy atom. The molecular weight excluding hydrogens is 455 g/mol. The zero-order valence-electron chi connectivity index (χ0n) is 20.0. The van der Waals surface area contributed by atoms with Gasteiger partial charge in [-0.2, -0.15) is 4.98 Å². The summed E-state index contributed by atoms with van der Waals surface area (Å²) in [5.41, 5.74) is 6.73. The summed E-state index contributed by atoms with van der Waals surface area (Å²) in [6.07, 6.45) is 6.46. The number of halogens is 1. The Kier molecular flexibility index (Phi) is 6.67. The van der Waals surface area contributed by atoms with Gasteiger partial charge in [-0.1, -0.05) is 80.1 Å². The number of rotatable bonds is 9. The molecule has 36 heavy (non-hydrogen) atoms. The smallest absolute Gasteiger partial charge is 0.308 e. The third-order valence-electron chi connectivity index (χ3n) is 6.51.